The van der Waals surface area contributed by atoms with E-state index in [4.69, 9.17) is 9.73 Å². The van der Waals surface area contributed by atoms with Gasteiger partial charge in [0.25, 0.3) is 0 Å². The Morgan fingerprint density at radius 1 is 1.27 bits per heavy atom. The van der Waals surface area contributed by atoms with Crippen LogP contribution in [0.25, 0.3) is 0 Å². The van der Waals surface area contributed by atoms with E-state index < -0.39 is 0 Å². The van der Waals surface area contributed by atoms with Gasteiger partial charge >= 0.3 is 0 Å². The molecule has 0 aromatic carbocycles. The summed E-state index contributed by atoms with van der Waals surface area (Å²) in [7, 11) is 0. The fraction of sp³-hybridized carbons (Fsp3) is 0.778. The molecule has 2 atom stereocenters. The van der Waals surface area contributed by atoms with Crippen LogP contribution in [0.3, 0.4) is 0 Å². The van der Waals surface area contributed by atoms with Crippen molar-refractivity contribution in [1.82, 2.24) is 20.5 Å². The summed E-state index contributed by atoms with van der Waals surface area (Å²) in [4.78, 5) is 12.9. The largest absolute Gasteiger partial charge is 0.373 e. The van der Waals surface area contributed by atoms with Crippen molar-refractivity contribution in [2.24, 2.45) is 4.99 Å². The molecule has 1 aromatic heterocycles. The summed E-state index contributed by atoms with van der Waals surface area (Å²) >= 11 is 1.73. The van der Waals surface area contributed by atoms with Crippen LogP contribution in [0, 0.1) is 13.8 Å². The number of rotatable bonds is 7. The molecule has 0 radical (unpaired) electrons. The molecule has 2 unspecified atom stereocenters. The Kier molecular flexibility index (Phi) is 11.0. The number of ether oxygens (including phenoxy) is 1. The first-order valence-electron chi connectivity index (χ1n) is 9.30. The summed E-state index contributed by atoms with van der Waals surface area (Å²) in [5.74, 6) is 0.886. The number of nitrogens with zero attached hydrogens (tertiary/aromatic N) is 3. The topological polar surface area (TPSA) is 61.8 Å². The highest BCUT2D eigenvalue weighted by Crippen LogP contribution is 2.17. The molecule has 26 heavy (non-hydrogen) atoms. The van der Waals surface area contributed by atoms with Crippen molar-refractivity contribution in [1.29, 1.82) is 0 Å². The third-order valence-electron chi connectivity index (χ3n) is 4.16. The third kappa shape index (κ3) is 8.06. The van der Waals surface area contributed by atoms with Crippen LogP contribution in [0.4, 0.5) is 0 Å². The molecule has 1 fully saturated rings. The Bertz CT molecular complexity index is 556. The average molecular weight is 495 g/mol. The van der Waals surface area contributed by atoms with E-state index in [0.29, 0.717) is 18.8 Å². The van der Waals surface area contributed by atoms with E-state index in [1.165, 1.54) is 4.88 Å². The molecule has 1 aliphatic heterocycles. The molecule has 0 spiro atoms. The van der Waals surface area contributed by atoms with Crippen LogP contribution in [0.15, 0.2) is 4.99 Å². The molecular weight excluding hydrogens is 461 g/mol. The van der Waals surface area contributed by atoms with Gasteiger partial charge < -0.3 is 15.4 Å². The van der Waals surface area contributed by atoms with Crippen molar-refractivity contribution in [2.45, 2.75) is 59.8 Å². The van der Waals surface area contributed by atoms with E-state index in [1.807, 2.05) is 6.92 Å². The second-order valence-corrected chi connectivity index (χ2v) is 8.02. The number of aromatic nitrogens is 1. The first kappa shape index (κ1) is 23.6. The molecule has 0 saturated carbocycles. The molecule has 2 rings (SSSR count). The van der Waals surface area contributed by atoms with Gasteiger partial charge in [-0.1, -0.05) is 0 Å². The minimum Gasteiger partial charge on any atom is -0.373 e. The lowest BCUT2D eigenvalue weighted by atomic mass is 10.2. The first-order chi connectivity index (χ1) is 12.0. The zero-order valence-corrected chi connectivity index (χ0v) is 19.8. The van der Waals surface area contributed by atoms with Crippen LogP contribution < -0.4 is 10.6 Å². The van der Waals surface area contributed by atoms with Crippen molar-refractivity contribution >= 4 is 41.3 Å². The average Bonchev–Trinajstić information content (AvgIpc) is 2.86. The summed E-state index contributed by atoms with van der Waals surface area (Å²) in [5.41, 5.74) is 1.10. The highest BCUT2D eigenvalue weighted by atomic mass is 127. The van der Waals surface area contributed by atoms with Crippen molar-refractivity contribution in [3.8, 4) is 0 Å². The number of guanidine groups is 1. The van der Waals surface area contributed by atoms with Gasteiger partial charge in [0, 0.05) is 37.6 Å². The third-order valence-corrected chi connectivity index (χ3v) is 5.22. The molecule has 6 nitrogen and oxygen atoms in total. The monoisotopic (exact) mass is 495 g/mol. The SMILES string of the molecule is CCNC(=NCc1sc(C)nc1C)NCCCN1CC(C)OC(C)C1.I. The maximum absolute atomic E-state index is 5.79. The Balaban J connectivity index is 0.00000338. The van der Waals surface area contributed by atoms with Crippen molar-refractivity contribution < 1.29 is 4.74 Å². The number of hydrogen-bond acceptors (Lipinski definition) is 5. The lowest BCUT2D eigenvalue weighted by Crippen LogP contribution is -2.46. The number of aryl methyl sites for hydroxylation is 2. The van der Waals surface area contributed by atoms with Crippen molar-refractivity contribution in [3.63, 3.8) is 0 Å². The molecule has 150 valence electrons. The maximum atomic E-state index is 5.79. The predicted octanol–water partition coefficient (Wildman–Crippen LogP) is 2.93. The summed E-state index contributed by atoms with van der Waals surface area (Å²) < 4.78 is 5.79. The van der Waals surface area contributed by atoms with E-state index in [0.717, 1.165) is 55.8 Å². The van der Waals surface area contributed by atoms with E-state index >= 15 is 0 Å². The van der Waals surface area contributed by atoms with Gasteiger partial charge in [-0.15, -0.1) is 35.3 Å². The minimum atomic E-state index is 0. The van der Waals surface area contributed by atoms with Crippen LogP contribution in [-0.4, -0.2) is 60.8 Å². The van der Waals surface area contributed by atoms with Crippen molar-refractivity contribution in [2.75, 3.05) is 32.7 Å². The maximum Gasteiger partial charge on any atom is 0.191 e. The Morgan fingerprint density at radius 2 is 1.96 bits per heavy atom. The number of morpholine rings is 1. The van der Waals surface area contributed by atoms with Crippen LogP contribution >= 0.6 is 35.3 Å². The van der Waals surface area contributed by atoms with Crippen LogP contribution in [0.1, 0.15) is 42.8 Å². The number of nitrogens with one attached hydrogen (secondary N) is 2. The minimum absolute atomic E-state index is 0. The quantitative estimate of drug-likeness (QED) is 0.264. The Hall–Kier alpha value is -0.450. The van der Waals surface area contributed by atoms with E-state index in [9.17, 15) is 0 Å². The number of aliphatic imine (C=N–C) groups is 1. The predicted molar refractivity (Wildman–Crippen MR) is 121 cm³/mol. The number of halogens is 1. The van der Waals surface area contributed by atoms with Gasteiger partial charge in [0.2, 0.25) is 0 Å². The number of hydrogen-bond donors (Lipinski definition) is 2. The van der Waals surface area contributed by atoms with E-state index in [1.54, 1.807) is 11.3 Å². The van der Waals surface area contributed by atoms with Crippen LogP contribution in [0.5, 0.6) is 0 Å². The van der Waals surface area contributed by atoms with Crippen LogP contribution in [-0.2, 0) is 11.3 Å². The molecule has 0 aliphatic carbocycles. The highest BCUT2D eigenvalue weighted by molar-refractivity contribution is 14.0. The molecule has 1 aliphatic rings. The summed E-state index contributed by atoms with van der Waals surface area (Å²) in [5, 5.41) is 7.87. The van der Waals surface area contributed by atoms with Gasteiger partial charge in [-0.2, -0.15) is 0 Å². The van der Waals surface area contributed by atoms with Gasteiger partial charge in [0.1, 0.15) is 0 Å². The second kappa shape index (κ2) is 12.1. The standard InChI is InChI=1S/C18H33N5OS.HI/c1-6-19-18(21-10-17-15(4)22-16(5)25-17)20-8-7-9-23-11-13(2)24-14(3)12-23;/h13-14H,6-12H2,1-5H3,(H2,19,20,21);1H. The lowest BCUT2D eigenvalue weighted by molar-refractivity contribution is -0.0679. The fourth-order valence-electron chi connectivity index (χ4n) is 3.19. The molecule has 2 heterocycles. The van der Waals surface area contributed by atoms with Gasteiger partial charge in [0.05, 0.1) is 29.5 Å². The normalized spacial score (nSPS) is 21.3. The zero-order valence-electron chi connectivity index (χ0n) is 16.7. The fourth-order valence-corrected chi connectivity index (χ4v) is 4.05. The molecule has 0 amide bonds. The van der Waals surface area contributed by atoms with Gasteiger partial charge in [-0.05, 0) is 41.0 Å². The van der Waals surface area contributed by atoms with E-state index in [-0.39, 0.29) is 24.0 Å². The molecule has 2 N–H and O–H groups in total. The van der Waals surface area contributed by atoms with Gasteiger partial charge in [-0.3, -0.25) is 4.90 Å². The Morgan fingerprint density at radius 3 is 2.54 bits per heavy atom. The summed E-state index contributed by atoms with van der Waals surface area (Å²) in [6.07, 6.45) is 1.77. The highest BCUT2D eigenvalue weighted by Gasteiger charge is 2.21. The van der Waals surface area contributed by atoms with E-state index in [2.05, 4.69) is 48.2 Å². The van der Waals surface area contributed by atoms with Gasteiger partial charge in [0.15, 0.2) is 5.96 Å². The first-order valence-corrected chi connectivity index (χ1v) is 10.1. The summed E-state index contributed by atoms with van der Waals surface area (Å²) in [6.45, 7) is 16.1. The smallest absolute Gasteiger partial charge is 0.191 e. The molecule has 0 bridgehead atoms. The Labute approximate surface area is 179 Å². The van der Waals surface area contributed by atoms with Crippen LogP contribution in [0.2, 0.25) is 0 Å². The number of thiazole rings is 1. The van der Waals surface area contributed by atoms with Gasteiger partial charge in [-0.25, -0.2) is 9.98 Å². The molecular formula is C18H34IN5OS. The zero-order chi connectivity index (χ0) is 18.2. The summed E-state index contributed by atoms with van der Waals surface area (Å²) in [6, 6.07) is 0. The molecule has 1 aromatic rings. The second-order valence-electron chi connectivity index (χ2n) is 6.73. The van der Waals surface area contributed by atoms with Crippen molar-refractivity contribution in [3.05, 3.63) is 15.6 Å². The lowest BCUT2D eigenvalue weighted by Gasteiger charge is -2.35. The molecule has 8 heteroatoms. The molecule has 1 saturated heterocycles.